The Kier molecular flexibility index (Phi) is 4.26. The molecule has 2 aromatic heterocycles. The fraction of sp³-hybridized carbons (Fsp3) is 0.500. The predicted molar refractivity (Wildman–Crippen MR) is 71.9 cm³/mol. The van der Waals surface area contributed by atoms with E-state index in [1.54, 1.807) is 18.4 Å². The monoisotopic (exact) mass is 279 g/mol. The van der Waals surface area contributed by atoms with Gasteiger partial charge in [-0.25, -0.2) is 9.97 Å². The average Bonchev–Trinajstić information content (AvgIpc) is 2.81. The van der Waals surface area contributed by atoms with Crippen molar-refractivity contribution in [2.45, 2.75) is 26.5 Å². The SMILES string of the molecule is CC(C)C(=O)Nc1ncc2ncn(C[C@H](O)CO)c2n1. The Hall–Kier alpha value is -2.06. The number of amides is 1. The van der Waals surface area contributed by atoms with Crippen molar-refractivity contribution in [2.75, 3.05) is 11.9 Å². The average molecular weight is 279 g/mol. The maximum atomic E-state index is 11.6. The lowest BCUT2D eigenvalue weighted by Gasteiger charge is -2.09. The van der Waals surface area contributed by atoms with E-state index in [1.807, 2.05) is 0 Å². The predicted octanol–water partition coefficient (Wildman–Crippen LogP) is -0.226. The van der Waals surface area contributed by atoms with Gasteiger partial charge in [0.25, 0.3) is 0 Å². The van der Waals surface area contributed by atoms with E-state index in [9.17, 15) is 9.90 Å². The number of imidazole rings is 1. The first-order chi connectivity index (χ1) is 9.51. The fourth-order valence-electron chi connectivity index (χ4n) is 1.59. The van der Waals surface area contributed by atoms with Gasteiger partial charge in [-0.3, -0.25) is 10.1 Å². The number of aromatic nitrogens is 4. The summed E-state index contributed by atoms with van der Waals surface area (Å²) in [6, 6.07) is 0. The molecule has 3 N–H and O–H groups in total. The van der Waals surface area contributed by atoms with E-state index >= 15 is 0 Å². The summed E-state index contributed by atoms with van der Waals surface area (Å²) in [6.07, 6.45) is 2.11. The standard InChI is InChI=1S/C12H17N5O3/c1-7(2)11(20)16-12-13-3-9-10(15-12)17(6-14-9)4-8(19)5-18/h3,6-8,18-19H,4-5H2,1-2H3,(H,13,15,16,20)/t8-/m0/s1. The largest absolute Gasteiger partial charge is 0.394 e. The fourth-order valence-corrected chi connectivity index (χ4v) is 1.59. The lowest BCUT2D eigenvalue weighted by molar-refractivity contribution is -0.118. The van der Waals surface area contributed by atoms with Crippen LogP contribution in [0, 0.1) is 5.92 Å². The van der Waals surface area contributed by atoms with Gasteiger partial charge in [0.05, 0.1) is 31.8 Å². The number of anilines is 1. The maximum Gasteiger partial charge on any atom is 0.231 e. The molecule has 0 unspecified atom stereocenters. The van der Waals surface area contributed by atoms with Crippen LogP contribution in [-0.4, -0.2) is 48.4 Å². The van der Waals surface area contributed by atoms with Crippen molar-refractivity contribution in [3.8, 4) is 0 Å². The molecule has 2 aromatic rings. The van der Waals surface area contributed by atoms with Crippen molar-refractivity contribution < 1.29 is 15.0 Å². The molecule has 8 nitrogen and oxygen atoms in total. The van der Waals surface area contributed by atoms with Crippen LogP contribution < -0.4 is 5.32 Å². The Bertz CT molecular complexity index is 610. The molecule has 2 rings (SSSR count). The summed E-state index contributed by atoms with van der Waals surface area (Å²) in [5, 5.41) is 20.9. The first-order valence-corrected chi connectivity index (χ1v) is 6.29. The third-order valence-corrected chi connectivity index (χ3v) is 2.74. The van der Waals surface area contributed by atoms with E-state index in [2.05, 4.69) is 20.3 Å². The van der Waals surface area contributed by atoms with Gasteiger partial charge in [-0.1, -0.05) is 13.8 Å². The summed E-state index contributed by atoms with van der Waals surface area (Å²) in [6.45, 7) is 3.37. The topological polar surface area (TPSA) is 113 Å². The van der Waals surface area contributed by atoms with Crippen molar-refractivity contribution in [1.29, 1.82) is 0 Å². The molecule has 0 aliphatic carbocycles. The second-order valence-electron chi connectivity index (χ2n) is 4.78. The second kappa shape index (κ2) is 5.93. The van der Waals surface area contributed by atoms with Crippen molar-refractivity contribution in [3.05, 3.63) is 12.5 Å². The Labute approximate surface area is 115 Å². The molecule has 2 heterocycles. The van der Waals surface area contributed by atoms with Crippen molar-refractivity contribution in [1.82, 2.24) is 19.5 Å². The summed E-state index contributed by atoms with van der Waals surface area (Å²) >= 11 is 0. The number of hydrogen-bond acceptors (Lipinski definition) is 6. The molecule has 8 heteroatoms. The molecule has 0 saturated heterocycles. The number of nitrogens with zero attached hydrogens (tertiary/aromatic N) is 4. The molecule has 0 aliphatic rings. The van der Waals surface area contributed by atoms with Crippen molar-refractivity contribution in [3.63, 3.8) is 0 Å². The molecule has 108 valence electrons. The zero-order chi connectivity index (χ0) is 14.7. The van der Waals surface area contributed by atoms with E-state index < -0.39 is 6.10 Å². The van der Waals surface area contributed by atoms with Crippen LogP contribution in [0.1, 0.15) is 13.8 Å². The van der Waals surface area contributed by atoms with Gasteiger partial charge in [-0.15, -0.1) is 0 Å². The highest BCUT2D eigenvalue weighted by molar-refractivity contribution is 5.91. The van der Waals surface area contributed by atoms with Crippen molar-refractivity contribution in [2.24, 2.45) is 5.92 Å². The lowest BCUT2D eigenvalue weighted by atomic mass is 10.2. The van der Waals surface area contributed by atoms with Gasteiger partial charge in [0.15, 0.2) is 5.65 Å². The molecular formula is C12H17N5O3. The molecule has 0 aromatic carbocycles. The second-order valence-corrected chi connectivity index (χ2v) is 4.78. The maximum absolute atomic E-state index is 11.6. The van der Waals surface area contributed by atoms with E-state index in [1.165, 1.54) is 12.5 Å². The van der Waals surface area contributed by atoms with E-state index in [-0.39, 0.29) is 30.9 Å². The van der Waals surface area contributed by atoms with Gasteiger partial charge in [0.1, 0.15) is 5.52 Å². The van der Waals surface area contributed by atoms with Gasteiger partial charge >= 0.3 is 0 Å². The van der Waals surface area contributed by atoms with E-state index in [0.717, 1.165) is 0 Å². The van der Waals surface area contributed by atoms with Gasteiger partial charge in [-0.05, 0) is 0 Å². The molecule has 0 fully saturated rings. The minimum atomic E-state index is -0.893. The third-order valence-electron chi connectivity index (χ3n) is 2.74. The molecule has 20 heavy (non-hydrogen) atoms. The Morgan fingerprint density at radius 3 is 2.85 bits per heavy atom. The summed E-state index contributed by atoms with van der Waals surface area (Å²) in [4.78, 5) is 23.9. The number of carbonyl (C=O) groups is 1. The summed E-state index contributed by atoms with van der Waals surface area (Å²) in [7, 11) is 0. The van der Waals surface area contributed by atoms with Gasteiger partial charge < -0.3 is 14.8 Å². The zero-order valence-electron chi connectivity index (χ0n) is 11.3. The first-order valence-electron chi connectivity index (χ1n) is 6.29. The zero-order valence-corrected chi connectivity index (χ0v) is 11.3. The van der Waals surface area contributed by atoms with Crippen molar-refractivity contribution >= 4 is 23.0 Å². The number of aliphatic hydroxyl groups is 2. The molecule has 0 spiro atoms. The molecule has 0 saturated carbocycles. The normalized spacial score (nSPS) is 12.8. The molecule has 1 atom stereocenters. The van der Waals surface area contributed by atoms with Crippen LogP contribution in [0.3, 0.4) is 0 Å². The van der Waals surface area contributed by atoms with Crippen LogP contribution in [0.2, 0.25) is 0 Å². The van der Waals surface area contributed by atoms with Crippen LogP contribution in [0.5, 0.6) is 0 Å². The Morgan fingerprint density at radius 2 is 2.20 bits per heavy atom. The number of hydrogen-bond donors (Lipinski definition) is 3. The van der Waals surface area contributed by atoms with Gasteiger partial charge in [-0.2, -0.15) is 4.98 Å². The molecule has 1 amide bonds. The van der Waals surface area contributed by atoms with E-state index in [4.69, 9.17) is 5.11 Å². The molecular weight excluding hydrogens is 262 g/mol. The summed E-state index contributed by atoms with van der Waals surface area (Å²) in [5.41, 5.74) is 1.05. The minimum Gasteiger partial charge on any atom is -0.394 e. The number of aliphatic hydroxyl groups excluding tert-OH is 2. The molecule has 0 bridgehead atoms. The first kappa shape index (κ1) is 14.4. The number of rotatable bonds is 5. The number of nitrogens with one attached hydrogen (secondary N) is 1. The Morgan fingerprint density at radius 1 is 1.45 bits per heavy atom. The van der Waals surface area contributed by atoms with Crippen LogP contribution in [0.15, 0.2) is 12.5 Å². The third kappa shape index (κ3) is 3.09. The highest BCUT2D eigenvalue weighted by atomic mass is 16.3. The van der Waals surface area contributed by atoms with Crippen LogP contribution in [0.25, 0.3) is 11.2 Å². The number of fused-ring (bicyclic) bond motifs is 1. The quantitative estimate of drug-likeness (QED) is 0.697. The number of carbonyl (C=O) groups excluding carboxylic acids is 1. The highest BCUT2D eigenvalue weighted by Crippen LogP contribution is 2.12. The van der Waals surface area contributed by atoms with Crippen LogP contribution in [-0.2, 0) is 11.3 Å². The van der Waals surface area contributed by atoms with Crippen LogP contribution >= 0.6 is 0 Å². The smallest absolute Gasteiger partial charge is 0.231 e. The highest BCUT2D eigenvalue weighted by Gasteiger charge is 2.13. The Balaban J connectivity index is 2.27. The van der Waals surface area contributed by atoms with Gasteiger partial charge in [0.2, 0.25) is 11.9 Å². The summed E-state index contributed by atoms with van der Waals surface area (Å²) in [5.74, 6) is -0.155. The molecule has 0 aliphatic heterocycles. The lowest BCUT2D eigenvalue weighted by Crippen LogP contribution is -2.21. The minimum absolute atomic E-state index is 0.168. The van der Waals surface area contributed by atoms with Crippen LogP contribution in [0.4, 0.5) is 5.95 Å². The van der Waals surface area contributed by atoms with Gasteiger partial charge in [0, 0.05) is 5.92 Å². The summed E-state index contributed by atoms with van der Waals surface area (Å²) < 4.78 is 1.60. The molecule has 0 radical (unpaired) electrons. The van der Waals surface area contributed by atoms with E-state index in [0.29, 0.717) is 11.2 Å².